The molecule has 1 amide bonds. The third kappa shape index (κ3) is 3.66. The summed E-state index contributed by atoms with van der Waals surface area (Å²) in [5.74, 6) is 0.838. The van der Waals surface area contributed by atoms with Gasteiger partial charge in [-0.3, -0.25) is 4.79 Å². The van der Waals surface area contributed by atoms with Gasteiger partial charge in [-0.25, -0.2) is 0 Å². The minimum absolute atomic E-state index is 0.0233. The summed E-state index contributed by atoms with van der Waals surface area (Å²) in [7, 11) is 3.50. The summed E-state index contributed by atoms with van der Waals surface area (Å²) in [6.07, 6.45) is 0. The van der Waals surface area contributed by atoms with Crippen LogP contribution in [0, 0.1) is 0 Å². The van der Waals surface area contributed by atoms with Crippen LogP contribution in [0.1, 0.15) is 21.6 Å². The number of aromatic nitrogens is 1. The highest BCUT2D eigenvalue weighted by Crippen LogP contribution is 2.27. The first-order valence-electron chi connectivity index (χ1n) is 9.15. The molecule has 5 heteroatoms. The van der Waals surface area contributed by atoms with Crippen LogP contribution in [0.5, 0.6) is 5.75 Å². The maximum absolute atomic E-state index is 13.2. The Morgan fingerprint density at radius 1 is 1.04 bits per heavy atom. The van der Waals surface area contributed by atoms with Crippen LogP contribution in [0.2, 0.25) is 0 Å². The minimum Gasteiger partial charge on any atom is -0.497 e. The van der Waals surface area contributed by atoms with Crippen molar-refractivity contribution in [1.29, 1.82) is 0 Å². The summed E-state index contributed by atoms with van der Waals surface area (Å²) in [5, 5.41) is 2.07. The number of carbonyl (C=O) groups excluding carboxylic acids is 1. The highest BCUT2D eigenvalue weighted by atomic mass is 32.1. The van der Waals surface area contributed by atoms with Crippen LogP contribution in [0.3, 0.4) is 0 Å². The first-order valence-corrected chi connectivity index (χ1v) is 10.0. The van der Waals surface area contributed by atoms with Crippen molar-refractivity contribution in [3.05, 3.63) is 88.9 Å². The number of nitrogens with zero attached hydrogens (tertiary/aromatic N) is 2. The van der Waals surface area contributed by atoms with Crippen LogP contribution in [-0.2, 0) is 13.1 Å². The van der Waals surface area contributed by atoms with Crippen LogP contribution in [0.15, 0.2) is 72.1 Å². The average Bonchev–Trinajstić information content (AvgIpc) is 3.31. The molecule has 28 heavy (non-hydrogen) atoms. The standard InChI is InChI=1S/C23H22N2O2S/c1-24(15-18-8-10-19(27-2)11-9-18)23(26)21-14-22-20(12-13-28-22)25(21)16-17-6-4-3-5-7-17/h3-14H,15-16H2,1-2H3. The van der Waals surface area contributed by atoms with Crippen molar-refractivity contribution in [1.82, 2.24) is 9.47 Å². The molecule has 0 radical (unpaired) electrons. The van der Waals surface area contributed by atoms with Crippen molar-refractivity contribution in [2.45, 2.75) is 13.1 Å². The van der Waals surface area contributed by atoms with E-state index in [-0.39, 0.29) is 5.91 Å². The van der Waals surface area contributed by atoms with Gasteiger partial charge in [-0.1, -0.05) is 42.5 Å². The molecule has 4 nitrogen and oxygen atoms in total. The van der Waals surface area contributed by atoms with Crippen LogP contribution in [0.25, 0.3) is 10.2 Å². The zero-order valence-corrected chi connectivity index (χ0v) is 16.8. The van der Waals surface area contributed by atoms with Crippen LogP contribution in [0.4, 0.5) is 0 Å². The summed E-state index contributed by atoms with van der Waals surface area (Å²) < 4.78 is 8.46. The molecule has 2 aromatic carbocycles. The zero-order valence-electron chi connectivity index (χ0n) is 16.0. The number of amides is 1. The fourth-order valence-electron chi connectivity index (χ4n) is 3.36. The second-order valence-corrected chi connectivity index (χ2v) is 7.73. The molecule has 0 fully saturated rings. The van der Waals surface area contributed by atoms with E-state index in [4.69, 9.17) is 4.74 Å². The Morgan fingerprint density at radius 2 is 1.79 bits per heavy atom. The van der Waals surface area contributed by atoms with E-state index in [0.717, 1.165) is 27.2 Å². The highest BCUT2D eigenvalue weighted by Gasteiger charge is 2.20. The summed E-state index contributed by atoms with van der Waals surface area (Å²) >= 11 is 1.66. The lowest BCUT2D eigenvalue weighted by atomic mass is 10.2. The van der Waals surface area contributed by atoms with E-state index in [9.17, 15) is 4.79 Å². The van der Waals surface area contributed by atoms with E-state index >= 15 is 0 Å². The Hall–Kier alpha value is -3.05. The molecule has 4 aromatic rings. The van der Waals surface area contributed by atoms with Gasteiger partial charge in [0.2, 0.25) is 0 Å². The molecule has 0 aliphatic heterocycles. The van der Waals surface area contributed by atoms with Gasteiger partial charge >= 0.3 is 0 Å². The van der Waals surface area contributed by atoms with E-state index in [1.165, 1.54) is 5.56 Å². The fourth-order valence-corrected chi connectivity index (χ4v) is 4.18. The van der Waals surface area contributed by atoms with E-state index < -0.39 is 0 Å². The number of carbonyl (C=O) groups is 1. The van der Waals surface area contributed by atoms with Crippen LogP contribution >= 0.6 is 11.3 Å². The van der Waals surface area contributed by atoms with Crippen molar-refractivity contribution in [3.63, 3.8) is 0 Å². The third-order valence-electron chi connectivity index (χ3n) is 4.85. The lowest BCUT2D eigenvalue weighted by Crippen LogP contribution is -2.28. The Balaban J connectivity index is 1.61. The summed E-state index contributed by atoms with van der Waals surface area (Å²) in [4.78, 5) is 15.0. The van der Waals surface area contributed by atoms with Crippen molar-refractivity contribution in [3.8, 4) is 5.75 Å². The number of hydrogen-bond donors (Lipinski definition) is 0. The zero-order chi connectivity index (χ0) is 19.5. The number of benzene rings is 2. The lowest BCUT2D eigenvalue weighted by molar-refractivity contribution is 0.0775. The molecular weight excluding hydrogens is 368 g/mol. The van der Waals surface area contributed by atoms with E-state index in [1.54, 1.807) is 23.3 Å². The Morgan fingerprint density at radius 3 is 2.50 bits per heavy atom. The quantitative estimate of drug-likeness (QED) is 0.463. The van der Waals surface area contributed by atoms with Gasteiger partial charge in [-0.05, 0) is 40.8 Å². The molecule has 0 saturated heterocycles. The van der Waals surface area contributed by atoms with Gasteiger partial charge in [-0.15, -0.1) is 11.3 Å². The predicted molar refractivity (Wildman–Crippen MR) is 114 cm³/mol. The topological polar surface area (TPSA) is 34.5 Å². The Bertz CT molecular complexity index is 1080. The highest BCUT2D eigenvalue weighted by molar-refractivity contribution is 7.17. The van der Waals surface area contributed by atoms with Gasteiger partial charge in [0.15, 0.2) is 0 Å². The van der Waals surface area contributed by atoms with Crippen molar-refractivity contribution < 1.29 is 9.53 Å². The minimum atomic E-state index is 0.0233. The SMILES string of the molecule is COc1ccc(CN(C)C(=O)c2cc3sccc3n2Cc2ccccc2)cc1. The normalized spacial score (nSPS) is 10.9. The number of thiophene rings is 1. The molecule has 2 aromatic heterocycles. The molecule has 0 N–H and O–H groups in total. The van der Waals surface area contributed by atoms with E-state index in [1.807, 2.05) is 55.6 Å². The second kappa shape index (κ2) is 7.90. The molecule has 0 atom stereocenters. The molecular formula is C23H22N2O2S. The smallest absolute Gasteiger partial charge is 0.270 e. The molecule has 0 bridgehead atoms. The summed E-state index contributed by atoms with van der Waals surface area (Å²) in [6, 6.07) is 22.2. The maximum atomic E-state index is 13.2. The molecule has 0 unspecified atom stereocenters. The molecule has 0 spiro atoms. The van der Waals surface area contributed by atoms with Crippen LogP contribution < -0.4 is 4.74 Å². The van der Waals surface area contributed by atoms with E-state index in [2.05, 4.69) is 28.1 Å². The van der Waals surface area contributed by atoms with Gasteiger partial charge in [0.05, 0.1) is 17.3 Å². The average molecular weight is 391 g/mol. The second-order valence-electron chi connectivity index (χ2n) is 6.78. The first-order chi connectivity index (χ1) is 13.7. The Kier molecular flexibility index (Phi) is 5.17. The van der Waals surface area contributed by atoms with Gasteiger partial charge < -0.3 is 14.2 Å². The molecule has 142 valence electrons. The number of hydrogen-bond acceptors (Lipinski definition) is 3. The number of fused-ring (bicyclic) bond motifs is 1. The molecule has 4 rings (SSSR count). The van der Waals surface area contributed by atoms with Crippen molar-refractivity contribution >= 4 is 27.5 Å². The Labute approximate surface area is 168 Å². The molecule has 0 saturated carbocycles. The van der Waals surface area contributed by atoms with Gasteiger partial charge in [0.25, 0.3) is 5.91 Å². The van der Waals surface area contributed by atoms with E-state index in [0.29, 0.717) is 13.1 Å². The van der Waals surface area contributed by atoms with Gasteiger partial charge in [0.1, 0.15) is 11.4 Å². The van der Waals surface area contributed by atoms with Crippen LogP contribution in [-0.4, -0.2) is 29.5 Å². The maximum Gasteiger partial charge on any atom is 0.270 e. The molecule has 0 aliphatic carbocycles. The summed E-state index contributed by atoms with van der Waals surface area (Å²) in [5.41, 5.74) is 4.08. The number of methoxy groups -OCH3 is 1. The largest absolute Gasteiger partial charge is 0.497 e. The number of rotatable bonds is 6. The fraction of sp³-hybridized carbons (Fsp3) is 0.174. The lowest BCUT2D eigenvalue weighted by Gasteiger charge is -2.19. The summed E-state index contributed by atoms with van der Waals surface area (Å²) in [6.45, 7) is 1.23. The molecule has 2 heterocycles. The number of ether oxygens (including phenoxy) is 1. The van der Waals surface area contributed by atoms with Crippen molar-refractivity contribution in [2.24, 2.45) is 0 Å². The third-order valence-corrected chi connectivity index (χ3v) is 5.70. The van der Waals surface area contributed by atoms with Gasteiger partial charge in [-0.2, -0.15) is 0 Å². The predicted octanol–water partition coefficient (Wildman–Crippen LogP) is 5.03. The molecule has 0 aliphatic rings. The van der Waals surface area contributed by atoms with Crippen molar-refractivity contribution in [2.75, 3.05) is 14.2 Å². The monoisotopic (exact) mass is 390 g/mol. The van der Waals surface area contributed by atoms with Gasteiger partial charge in [0, 0.05) is 20.1 Å². The first kappa shape index (κ1) is 18.3.